The average molecular weight is 418 g/mol. The molecular weight excluding hydrogens is 397 g/mol. The fourth-order valence-corrected chi connectivity index (χ4v) is 5.16. The van der Waals surface area contributed by atoms with E-state index in [1.807, 2.05) is 4.90 Å². The molecule has 3 heterocycles. The first-order valence-electron chi connectivity index (χ1n) is 9.23. The lowest BCUT2D eigenvalue weighted by molar-refractivity contribution is -0.131. The number of benzene rings is 1. The molecule has 146 valence electrons. The number of carbonyl (C=O) groups is 1. The molecule has 0 spiro atoms. The van der Waals surface area contributed by atoms with Gasteiger partial charge in [0.15, 0.2) is 5.16 Å². The van der Waals surface area contributed by atoms with E-state index in [-0.39, 0.29) is 28.9 Å². The van der Waals surface area contributed by atoms with Gasteiger partial charge in [-0.2, -0.15) is 0 Å². The fourth-order valence-electron chi connectivity index (χ4n) is 3.51. The number of piperidine rings is 1. The van der Waals surface area contributed by atoms with Crippen LogP contribution in [0.3, 0.4) is 0 Å². The number of thiophene rings is 1. The SMILES string of the molecule is CC1CCCCN1C(=O)CSc1nc2ccsc2c(=O)n1-c1ccccc1F. The number of halogens is 1. The van der Waals surface area contributed by atoms with E-state index in [0.29, 0.717) is 15.4 Å². The first-order valence-corrected chi connectivity index (χ1v) is 11.1. The van der Waals surface area contributed by atoms with Crippen molar-refractivity contribution in [1.82, 2.24) is 14.5 Å². The number of hydrogen-bond acceptors (Lipinski definition) is 5. The summed E-state index contributed by atoms with van der Waals surface area (Å²) >= 11 is 2.47. The van der Waals surface area contributed by atoms with Crippen molar-refractivity contribution in [3.63, 3.8) is 0 Å². The normalized spacial score (nSPS) is 17.2. The first-order chi connectivity index (χ1) is 13.6. The molecule has 0 N–H and O–H groups in total. The molecule has 3 aromatic rings. The largest absolute Gasteiger partial charge is 0.339 e. The summed E-state index contributed by atoms with van der Waals surface area (Å²) in [4.78, 5) is 32.2. The van der Waals surface area contributed by atoms with Crippen molar-refractivity contribution in [1.29, 1.82) is 0 Å². The van der Waals surface area contributed by atoms with Crippen LogP contribution in [0, 0.1) is 5.82 Å². The molecule has 1 aliphatic heterocycles. The zero-order valence-corrected chi connectivity index (χ0v) is 17.1. The Labute approximate surface area is 170 Å². The number of thioether (sulfide) groups is 1. The van der Waals surface area contributed by atoms with Gasteiger partial charge < -0.3 is 4.90 Å². The lowest BCUT2D eigenvalue weighted by Crippen LogP contribution is -2.43. The van der Waals surface area contributed by atoms with Gasteiger partial charge in [-0.1, -0.05) is 23.9 Å². The van der Waals surface area contributed by atoms with Gasteiger partial charge in [0.25, 0.3) is 5.56 Å². The molecule has 1 saturated heterocycles. The van der Waals surface area contributed by atoms with E-state index in [1.165, 1.54) is 33.7 Å². The van der Waals surface area contributed by atoms with Gasteiger partial charge in [0.05, 0.1) is 17.0 Å². The summed E-state index contributed by atoms with van der Waals surface area (Å²) in [5.41, 5.74) is 0.409. The molecule has 0 saturated carbocycles. The second-order valence-electron chi connectivity index (χ2n) is 6.84. The van der Waals surface area contributed by atoms with Crippen molar-refractivity contribution in [3.05, 3.63) is 51.9 Å². The van der Waals surface area contributed by atoms with Crippen molar-refractivity contribution in [2.45, 2.75) is 37.4 Å². The molecule has 8 heteroatoms. The van der Waals surface area contributed by atoms with Gasteiger partial charge in [-0.15, -0.1) is 11.3 Å². The van der Waals surface area contributed by atoms with Crippen LogP contribution in [0.5, 0.6) is 0 Å². The maximum absolute atomic E-state index is 14.4. The maximum Gasteiger partial charge on any atom is 0.276 e. The first kappa shape index (κ1) is 19.1. The van der Waals surface area contributed by atoms with E-state index < -0.39 is 5.82 Å². The quantitative estimate of drug-likeness (QED) is 0.474. The Morgan fingerprint density at radius 2 is 2.14 bits per heavy atom. The molecule has 1 aliphatic rings. The third-order valence-electron chi connectivity index (χ3n) is 4.99. The molecule has 5 nitrogen and oxygen atoms in total. The average Bonchev–Trinajstić information content (AvgIpc) is 3.16. The topological polar surface area (TPSA) is 55.2 Å². The van der Waals surface area contributed by atoms with Crippen LogP contribution in [0.25, 0.3) is 15.9 Å². The predicted molar refractivity (Wildman–Crippen MR) is 111 cm³/mol. The van der Waals surface area contributed by atoms with Gasteiger partial charge in [-0.3, -0.25) is 14.2 Å². The number of hydrogen-bond donors (Lipinski definition) is 0. The molecule has 1 amide bonds. The number of amides is 1. The van der Waals surface area contributed by atoms with Crippen LogP contribution in [0.1, 0.15) is 26.2 Å². The lowest BCUT2D eigenvalue weighted by atomic mass is 10.0. The van der Waals surface area contributed by atoms with Gasteiger partial charge in [-0.05, 0) is 49.8 Å². The Morgan fingerprint density at radius 3 is 2.93 bits per heavy atom. The van der Waals surface area contributed by atoms with Gasteiger partial charge in [0.1, 0.15) is 10.5 Å². The third kappa shape index (κ3) is 3.58. The molecule has 0 bridgehead atoms. The smallest absolute Gasteiger partial charge is 0.276 e. The Morgan fingerprint density at radius 1 is 1.32 bits per heavy atom. The van der Waals surface area contributed by atoms with E-state index in [1.54, 1.807) is 29.6 Å². The summed E-state index contributed by atoms with van der Waals surface area (Å²) in [5, 5.41) is 2.12. The Bertz CT molecular complexity index is 1080. The van der Waals surface area contributed by atoms with Gasteiger partial charge in [0.2, 0.25) is 5.91 Å². The molecule has 1 fully saturated rings. The van der Waals surface area contributed by atoms with Crippen molar-refractivity contribution < 1.29 is 9.18 Å². The molecule has 1 unspecified atom stereocenters. The number of likely N-dealkylation sites (tertiary alicyclic amines) is 1. The van der Waals surface area contributed by atoms with Crippen LogP contribution >= 0.6 is 23.1 Å². The summed E-state index contributed by atoms with van der Waals surface area (Å²) in [6, 6.07) is 8.12. The zero-order valence-electron chi connectivity index (χ0n) is 15.4. The van der Waals surface area contributed by atoms with E-state index in [4.69, 9.17) is 0 Å². The van der Waals surface area contributed by atoms with E-state index >= 15 is 0 Å². The summed E-state index contributed by atoms with van der Waals surface area (Å²) in [6.45, 7) is 2.82. The summed E-state index contributed by atoms with van der Waals surface area (Å²) in [5.74, 6) is -0.307. The van der Waals surface area contributed by atoms with E-state index in [2.05, 4.69) is 11.9 Å². The van der Waals surface area contributed by atoms with E-state index in [9.17, 15) is 14.0 Å². The summed E-state index contributed by atoms with van der Waals surface area (Å²) in [6.07, 6.45) is 3.16. The molecule has 0 aliphatic carbocycles. The molecule has 4 rings (SSSR count). The number of carbonyl (C=O) groups excluding carboxylic acids is 1. The molecule has 2 aromatic heterocycles. The highest BCUT2D eigenvalue weighted by atomic mass is 32.2. The van der Waals surface area contributed by atoms with Gasteiger partial charge in [-0.25, -0.2) is 9.37 Å². The van der Waals surface area contributed by atoms with Crippen LogP contribution in [-0.4, -0.2) is 38.7 Å². The van der Waals surface area contributed by atoms with Crippen LogP contribution in [0.15, 0.2) is 45.7 Å². The van der Waals surface area contributed by atoms with Crippen LogP contribution in [-0.2, 0) is 4.79 Å². The van der Waals surface area contributed by atoms with Gasteiger partial charge >= 0.3 is 0 Å². The highest BCUT2D eigenvalue weighted by molar-refractivity contribution is 7.99. The van der Waals surface area contributed by atoms with Crippen LogP contribution < -0.4 is 5.56 Å². The number of nitrogens with zero attached hydrogens (tertiary/aromatic N) is 3. The van der Waals surface area contributed by atoms with Crippen molar-refractivity contribution >= 4 is 39.2 Å². The molecule has 1 atom stereocenters. The number of para-hydroxylation sites is 1. The fraction of sp³-hybridized carbons (Fsp3) is 0.350. The molecule has 1 aromatic carbocycles. The molecule has 28 heavy (non-hydrogen) atoms. The lowest BCUT2D eigenvalue weighted by Gasteiger charge is -2.33. The minimum absolute atomic E-state index is 0.0250. The van der Waals surface area contributed by atoms with Crippen molar-refractivity contribution in [2.75, 3.05) is 12.3 Å². The van der Waals surface area contributed by atoms with E-state index in [0.717, 1.165) is 25.8 Å². The third-order valence-corrected chi connectivity index (χ3v) is 6.81. The second kappa shape index (κ2) is 8.05. The number of aromatic nitrogens is 2. The van der Waals surface area contributed by atoms with Crippen molar-refractivity contribution in [3.8, 4) is 5.69 Å². The minimum atomic E-state index is -0.500. The highest BCUT2D eigenvalue weighted by Gasteiger charge is 2.24. The monoisotopic (exact) mass is 417 g/mol. The summed E-state index contributed by atoms with van der Waals surface area (Å²) < 4.78 is 16.2. The molecule has 0 radical (unpaired) electrons. The van der Waals surface area contributed by atoms with Crippen molar-refractivity contribution in [2.24, 2.45) is 0 Å². The second-order valence-corrected chi connectivity index (χ2v) is 8.70. The van der Waals surface area contributed by atoms with Crippen LogP contribution in [0.2, 0.25) is 0 Å². The number of fused-ring (bicyclic) bond motifs is 1. The highest BCUT2D eigenvalue weighted by Crippen LogP contribution is 2.26. The number of rotatable bonds is 4. The predicted octanol–water partition coefficient (Wildman–Crippen LogP) is 4.08. The van der Waals surface area contributed by atoms with Crippen LogP contribution in [0.4, 0.5) is 4.39 Å². The Kier molecular flexibility index (Phi) is 5.50. The minimum Gasteiger partial charge on any atom is -0.339 e. The Hall–Kier alpha value is -2.19. The van der Waals surface area contributed by atoms with Gasteiger partial charge in [0, 0.05) is 12.6 Å². The molecular formula is C20H20FN3O2S2. The maximum atomic E-state index is 14.4. The zero-order chi connectivity index (χ0) is 19.7. The Balaban J connectivity index is 1.70. The summed E-state index contributed by atoms with van der Waals surface area (Å²) in [7, 11) is 0. The standard InChI is InChI=1S/C20H20FN3O2S2/c1-13-6-4-5-10-23(13)17(25)12-28-20-22-15-9-11-27-18(15)19(26)24(20)16-8-3-2-7-14(16)21/h2-3,7-9,11,13H,4-6,10,12H2,1H3.